The van der Waals surface area contributed by atoms with E-state index in [1.54, 1.807) is 42.0 Å². The fourth-order valence-corrected chi connectivity index (χ4v) is 4.44. The maximum absolute atomic E-state index is 13.0. The number of anilines is 1. The minimum atomic E-state index is -0.165. The van der Waals surface area contributed by atoms with Crippen molar-refractivity contribution in [2.75, 3.05) is 19.0 Å². The van der Waals surface area contributed by atoms with Gasteiger partial charge in [-0.1, -0.05) is 53.7 Å². The predicted octanol–water partition coefficient (Wildman–Crippen LogP) is 5.24. The number of benzene rings is 3. The molecule has 0 atom stereocenters. The summed E-state index contributed by atoms with van der Waals surface area (Å²) in [6.45, 7) is 0.807. The monoisotopic (exact) mass is 479 g/mol. The summed E-state index contributed by atoms with van der Waals surface area (Å²) in [7, 11) is 1.60. The van der Waals surface area contributed by atoms with Crippen LogP contribution < -0.4 is 10.9 Å². The average molecular weight is 480 g/mol. The summed E-state index contributed by atoms with van der Waals surface area (Å²) in [5.74, 6) is 0.424. The Morgan fingerprint density at radius 1 is 1.09 bits per heavy atom. The average Bonchev–Trinajstić information content (AvgIpc) is 2.83. The minimum absolute atomic E-state index is 0.121. The van der Waals surface area contributed by atoms with Crippen LogP contribution in [-0.4, -0.2) is 29.2 Å². The first kappa shape index (κ1) is 23.0. The predicted molar refractivity (Wildman–Crippen MR) is 133 cm³/mol. The van der Waals surface area contributed by atoms with E-state index in [0.717, 1.165) is 11.3 Å². The Labute approximate surface area is 200 Å². The van der Waals surface area contributed by atoms with Gasteiger partial charge in [0.25, 0.3) is 11.5 Å². The normalized spacial score (nSPS) is 11.0. The van der Waals surface area contributed by atoms with E-state index in [9.17, 15) is 9.59 Å². The van der Waals surface area contributed by atoms with E-state index in [-0.39, 0.29) is 11.5 Å². The second kappa shape index (κ2) is 10.7. The number of hydrogen-bond donors (Lipinski definition) is 1. The highest BCUT2D eigenvalue weighted by molar-refractivity contribution is 7.98. The van der Waals surface area contributed by atoms with Gasteiger partial charge in [0.1, 0.15) is 0 Å². The van der Waals surface area contributed by atoms with Gasteiger partial charge < -0.3 is 10.1 Å². The van der Waals surface area contributed by atoms with Crippen LogP contribution in [0, 0.1) is 0 Å². The van der Waals surface area contributed by atoms with Crippen LogP contribution in [-0.2, 0) is 17.0 Å². The molecule has 0 radical (unpaired) electrons. The van der Waals surface area contributed by atoms with Crippen LogP contribution in [0.3, 0.4) is 0 Å². The number of nitrogens with zero attached hydrogens (tertiary/aromatic N) is 2. The summed E-state index contributed by atoms with van der Waals surface area (Å²) in [4.78, 5) is 30.1. The third-order valence-corrected chi connectivity index (χ3v) is 6.30. The number of carbonyl (C=O) groups excluding carboxylic acids is 1. The quantitative estimate of drug-likeness (QED) is 0.276. The Hall–Kier alpha value is -3.13. The third kappa shape index (κ3) is 5.63. The first-order valence-corrected chi connectivity index (χ1v) is 11.7. The van der Waals surface area contributed by atoms with Crippen LogP contribution in [0.4, 0.5) is 5.69 Å². The smallest absolute Gasteiger partial charge is 0.262 e. The molecule has 0 aliphatic rings. The SMILES string of the molecule is COCCn1c(SCc2ccc(C(=O)Nc3ccccc3)cc2)nc2cc(Cl)ccc2c1=O. The Morgan fingerprint density at radius 2 is 1.85 bits per heavy atom. The summed E-state index contributed by atoms with van der Waals surface area (Å²) < 4.78 is 6.80. The first-order valence-electron chi connectivity index (χ1n) is 10.3. The van der Waals surface area contributed by atoms with Crippen molar-refractivity contribution < 1.29 is 9.53 Å². The molecule has 0 unspecified atom stereocenters. The maximum atomic E-state index is 13.0. The Bertz CT molecular complexity index is 1320. The van der Waals surface area contributed by atoms with Gasteiger partial charge in [-0.25, -0.2) is 4.98 Å². The van der Waals surface area contributed by atoms with E-state index in [1.807, 2.05) is 42.5 Å². The Balaban J connectivity index is 1.51. The molecule has 3 aromatic carbocycles. The second-order valence-corrected chi connectivity index (χ2v) is 8.69. The molecule has 0 aliphatic carbocycles. The number of halogens is 1. The van der Waals surface area contributed by atoms with E-state index in [0.29, 0.717) is 45.5 Å². The number of carbonyl (C=O) groups is 1. The second-order valence-electron chi connectivity index (χ2n) is 7.31. The van der Waals surface area contributed by atoms with Gasteiger partial charge in [-0.2, -0.15) is 0 Å². The molecule has 0 spiro atoms. The van der Waals surface area contributed by atoms with Crippen LogP contribution in [0.1, 0.15) is 15.9 Å². The van der Waals surface area contributed by atoms with Gasteiger partial charge in [-0.15, -0.1) is 0 Å². The van der Waals surface area contributed by atoms with Crippen LogP contribution in [0.15, 0.2) is 82.7 Å². The summed E-state index contributed by atoms with van der Waals surface area (Å²) in [5, 5.41) is 4.52. The number of methoxy groups -OCH3 is 1. The molecule has 4 aromatic rings. The molecule has 1 heterocycles. The molecule has 0 bridgehead atoms. The topological polar surface area (TPSA) is 73.2 Å². The zero-order valence-corrected chi connectivity index (χ0v) is 19.5. The van der Waals surface area contributed by atoms with Crippen molar-refractivity contribution in [3.05, 3.63) is 99.3 Å². The minimum Gasteiger partial charge on any atom is -0.383 e. The van der Waals surface area contributed by atoms with Crippen LogP contribution in [0.25, 0.3) is 10.9 Å². The molecule has 33 heavy (non-hydrogen) atoms. The number of fused-ring (bicyclic) bond motifs is 1. The summed E-state index contributed by atoms with van der Waals surface area (Å²) in [6.07, 6.45) is 0. The van der Waals surface area contributed by atoms with Gasteiger partial charge in [0.15, 0.2) is 5.16 Å². The molecule has 1 amide bonds. The number of amides is 1. The molecule has 0 aliphatic heterocycles. The maximum Gasteiger partial charge on any atom is 0.262 e. The Morgan fingerprint density at radius 3 is 2.58 bits per heavy atom. The van der Waals surface area contributed by atoms with Crippen LogP contribution in [0.5, 0.6) is 0 Å². The zero-order valence-electron chi connectivity index (χ0n) is 18.0. The number of aromatic nitrogens is 2. The van der Waals surface area contributed by atoms with Crippen LogP contribution >= 0.6 is 23.4 Å². The lowest BCUT2D eigenvalue weighted by Crippen LogP contribution is -2.25. The zero-order chi connectivity index (χ0) is 23.2. The highest BCUT2D eigenvalue weighted by Crippen LogP contribution is 2.24. The van der Waals surface area contributed by atoms with Crippen molar-refractivity contribution in [1.29, 1.82) is 0 Å². The molecule has 0 saturated heterocycles. The van der Waals surface area contributed by atoms with Crippen molar-refractivity contribution in [1.82, 2.24) is 9.55 Å². The van der Waals surface area contributed by atoms with E-state index < -0.39 is 0 Å². The molecule has 6 nitrogen and oxygen atoms in total. The number of rotatable bonds is 8. The molecule has 168 valence electrons. The van der Waals surface area contributed by atoms with Crippen molar-refractivity contribution in [3.63, 3.8) is 0 Å². The van der Waals surface area contributed by atoms with Gasteiger partial charge in [-0.05, 0) is 48.0 Å². The highest BCUT2D eigenvalue weighted by atomic mass is 35.5. The van der Waals surface area contributed by atoms with Crippen molar-refractivity contribution >= 4 is 45.9 Å². The Kier molecular flexibility index (Phi) is 7.44. The van der Waals surface area contributed by atoms with E-state index in [1.165, 1.54) is 11.8 Å². The van der Waals surface area contributed by atoms with Crippen molar-refractivity contribution in [2.45, 2.75) is 17.5 Å². The van der Waals surface area contributed by atoms with E-state index in [4.69, 9.17) is 16.3 Å². The summed E-state index contributed by atoms with van der Waals surface area (Å²) in [5.41, 5.74) is 2.78. The molecule has 1 aromatic heterocycles. The number of hydrogen-bond acceptors (Lipinski definition) is 5. The van der Waals surface area contributed by atoms with Gasteiger partial charge in [-0.3, -0.25) is 14.2 Å². The van der Waals surface area contributed by atoms with Gasteiger partial charge in [0.2, 0.25) is 0 Å². The number of thioether (sulfide) groups is 1. The largest absolute Gasteiger partial charge is 0.383 e. The lowest BCUT2D eigenvalue weighted by atomic mass is 10.1. The number of para-hydroxylation sites is 1. The summed E-state index contributed by atoms with van der Waals surface area (Å²) in [6, 6.07) is 21.8. The lowest BCUT2D eigenvalue weighted by molar-refractivity contribution is 0.102. The molecule has 4 rings (SSSR count). The molecular weight excluding hydrogens is 458 g/mol. The van der Waals surface area contributed by atoms with Gasteiger partial charge >= 0.3 is 0 Å². The third-order valence-electron chi connectivity index (χ3n) is 5.02. The number of nitrogens with one attached hydrogen (secondary N) is 1. The van der Waals surface area contributed by atoms with E-state index >= 15 is 0 Å². The van der Waals surface area contributed by atoms with E-state index in [2.05, 4.69) is 10.3 Å². The van der Waals surface area contributed by atoms with Gasteiger partial charge in [0, 0.05) is 29.1 Å². The highest BCUT2D eigenvalue weighted by Gasteiger charge is 2.13. The standard InChI is InChI=1S/C25H22ClN3O3S/c1-32-14-13-29-24(31)21-12-11-19(26)15-22(21)28-25(29)33-16-17-7-9-18(10-8-17)23(30)27-20-5-3-2-4-6-20/h2-12,15H,13-14,16H2,1H3,(H,27,30). The van der Waals surface area contributed by atoms with Gasteiger partial charge in [0.05, 0.1) is 24.1 Å². The molecular formula is C25H22ClN3O3S. The van der Waals surface area contributed by atoms with Crippen molar-refractivity contribution in [2.24, 2.45) is 0 Å². The molecule has 0 saturated carbocycles. The fourth-order valence-electron chi connectivity index (χ4n) is 3.29. The first-order chi connectivity index (χ1) is 16.0. The molecule has 8 heteroatoms. The summed E-state index contributed by atoms with van der Waals surface area (Å²) >= 11 is 7.56. The fraction of sp³-hybridized carbons (Fsp3) is 0.160. The number of ether oxygens (including phenoxy) is 1. The molecule has 0 fully saturated rings. The molecule has 1 N–H and O–H groups in total. The van der Waals surface area contributed by atoms with Crippen molar-refractivity contribution in [3.8, 4) is 0 Å². The lowest BCUT2D eigenvalue weighted by Gasteiger charge is -2.13. The van der Waals surface area contributed by atoms with Crippen LogP contribution in [0.2, 0.25) is 5.02 Å².